The Morgan fingerprint density at radius 2 is 2.31 bits per heavy atom. The maximum absolute atomic E-state index is 5.78. The minimum Gasteiger partial charge on any atom is -0.368 e. The predicted octanol–water partition coefficient (Wildman–Crippen LogP) is 1.93. The van der Waals surface area contributed by atoms with Gasteiger partial charge in [0.25, 0.3) is 0 Å². The molecule has 2 unspecified atom stereocenters. The SMILES string of the molecule is CNCCCc1nnc(C2CCC(C)O2)s1. The molecule has 4 nitrogen and oxygen atoms in total. The average Bonchev–Trinajstić information content (AvgIpc) is 2.87. The van der Waals surface area contributed by atoms with Crippen LogP contribution in [0.3, 0.4) is 0 Å². The molecule has 2 atom stereocenters. The third kappa shape index (κ3) is 2.99. The second kappa shape index (κ2) is 5.70. The molecule has 0 bridgehead atoms. The second-order valence-corrected chi connectivity index (χ2v) is 5.35. The van der Waals surface area contributed by atoms with Crippen molar-refractivity contribution >= 4 is 11.3 Å². The van der Waals surface area contributed by atoms with Crippen molar-refractivity contribution in [2.24, 2.45) is 0 Å². The van der Waals surface area contributed by atoms with Crippen molar-refractivity contribution < 1.29 is 4.74 Å². The molecule has 1 aromatic heterocycles. The molecule has 0 saturated carbocycles. The van der Waals surface area contributed by atoms with E-state index in [2.05, 4.69) is 22.4 Å². The number of rotatable bonds is 5. The summed E-state index contributed by atoms with van der Waals surface area (Å²) in [6, 6.07) is 0. The number of nitrogens with zero attached hydrogens (tertiary/aromatic N) is 2. The first-order valence-corrected chi connectivity index (χ1v) is 6.73. The molecule has 1 aromatic rings. The first kappa shape index (κ1) is 12.0. The van der Waals surface area contributed by atoms with Gasteiger partial charge in [-0.2, -0.15) is 0 Å². The van der Waals surface area contributed by atoms with E-state index in [9.17, 15) is 0 Å². The highest BCUT2D eigenvalue weighted by molar-refractivity contribution is 7.11. The second-order valence-electron chi connectivity index (χ2n) is 4.25. The molecule has 16 heavy (non-hydrogen) atoms. The number of hydrogen-bond acceptors (Lipinski definition) is 5. The lowest BCUT2D eigenvalue weighted by atomic mass is 10.2. The number of ether oxygens (including phenoxy) is 1. The summed E-state index contributed by atoms with van der Waals surface area (Å²) in [6.07, 6.45) is 4.94. The molecule has 1 N–H and O–H groups in total. The fraction of sp³-hybridized carbons (Fsp3) is 0.818. The highest BCUT2D eigenvalue weighted by atomic mass is 32.1. The Bertz CT molecular complexity index is 329. The van der Waals surface area contributed by atoms with E-state index < -0.39 is 0 Å². The molecule has 5 heteroatoms. The Morgan fingerprint density at radius 3 is 3.00 bits per heavy atom. The van der Waals surface area contributed by atoms with Gasteiger partial charge in [-0.05, 0) is 39.8 Å². The third-order valence-corrected chi connectivity index (χ3v) is 3.88. The molecular formula is C11H19N3OS. The van der Waals surface area contributed by atoms with Gasteiger partial charge in [0.15, 0.2) is 0 Å². The van der Waals surface area contributed by atoms with E-state index in [-0.39, 0.29) is 6.10 Å². The van der Waals surface area contributed by atoms with Gasteiger partial charge in [0, 0.05) is 6.42 Å². The van der Waals surface area contributed by atoms with E-state index in [0.29, 0.717) is 6.10 Å². The number of hydrogen-bond donors (Lipinski definition) is 1. The molecule has 1 aliphatic rings. The zero-order chi connectivity index (χ0) is 11.4. The van der Waals surface area contributed by atoms with Crippen LogP contribution < -0.4 is 5.32 Å². The van der Waals surface area contributed by atoms with Crippen molar-refractivity contribution in [2.75, 3.05) is 13.6 Å². The highest BCUT2D eigenvalue weighted by Gasteiger charge is 2.26. The summed E-state index contributed by atoms with van der Waals surface area (Å²) < 4.78 is 5.78. The summed E-state index contributed by atoms with van der Waals surface area (Å²) >= 11 is 1.71. The van der Waals surface area contributed by atoms with Gasteiger partial charge in [-0.1, -0.05) is 11.3 Å². The number of nitrogens with one attached hydrogen (secondary N) is 1. The van der Waals surface area contributed by atoms with Crippen LogP contribution in [0.1, 0.15) is 42.3 Å². The largest absolute Gasteiger partial charge is 0.368 e. The number of aryl methyl sites for hydroxylation is 1. The molecule has 2 heterocycles. The summed E-state index contributed by atoms with van der Waals surface area (Å²) in [5.74, 6) is 0. The lowest BCUT2D eigenvalue weighted by Crippen LogP contribution is -2.08. The van der Waals surface area contributed by atoms with Gasteiger partial charge in [-0.25, -0.2) is 0 Å². The zero-order valence-electron chi connectivity index (χ0n) is 9.90. The van der Waals surface area contributed by atoms with E-state index in [1.165, 1.54) is 0 Å². The molecule has 2 rings (SSSR count). The quantitative estimate of drug-likeness (QED) is 0.800. The standard InChI is InChI=1S/C11H19N3OS/c1-8-5-6-9(15-8)11-14-13-10(16-11)4-3-7-12-2/h8-9,12H,3-7H2,1-2H3. The van der Waals surface area contributed by atoms with Crippen molar-refractivity contribution in [1.29, 1.82) is 0 Å². The van der Waals surface area contributed by atoms with E-state index >= 15 is 0 Å². The Morgan fingerprint density at radius 1 is 1.44 bits per heavy atom. The molecular weight excluding hydrogens is 222 g/mol. The smallest absolute Gasteiger partial charge is 0.146 e. The summed E-state index contributed by atoms with van der Waals surface area (Å²) in [7, 11) is 1.97. The maximum Gasteiger partial charge on any atom is 0.146 e. The van der Waals surface area contributed by atoms with Crippen LogP contribution in [-0.4, -0.2) is 29.9 Å². The van der Waals surface area contributed by atoms with E-state index in [4.69, 9.17) is 4.74 Å². The lowest BCUT2D eigenvalue weighted by molar-refractivity contribution is 0.0550. The van der Waals surface area contributed by atoms with Crippen molar-refractivity contribution in [1.82, 2.24) is 15.5 Å². The van der Waals surface area contributed by atoms with E-state index in [1.54, 1.807) is 11.3 Å². The van der Waals surface area contributed by atoms with Crippen LogP contribution in [0, 0.1) is 0 Å². The van der Waals surface area contributed by atoms with Crippen LogP contribution in [0.25, 0.3) is 0 Å². The van der Waals surface area contributed by atoms with E-state index in [1.807, 2.05) is 7.05 Å². The summed E-state index contributed by atoms with van der Waals surface area (Å²) in [5, 5.41) is 13.8. The lowest BCUT2D eigenvalue weighted by Gasteiger charge is -2.05. The molecule has 0 aliphatic carbocycles. The van der Waals surface area contributed by atoms with Crippen LogP contribution in [0.4, 0.5) is 0 Å². The first-order valence-electron chi connectivity index (χ1n) is 5.92. The topological polar surface area (TPSA) is 47.0 Å². The van der Waals surface area contributed by atoms with Crippen LogP contribution in [-0.2, 0) is 11.2 Å². The zero-order valence-corrected chi connectivity index (χ0v) is 10.7. The fourth-order valence-electron chi connectivity index (χ4n) is 1.90. The Hall–Kier alpha value is -0.520. The van der Waals surface area contributed by atoms with Gasteiger partial charge in [0.05, 0.1) is 6.10 Å². The molecule has 0 radical (unpaired) electrons. The van der Waals surface area contributed by atoms with Gasteiger partial charge >= 0.3 is 0 Å². The Balaban J connectivity index is 1.87. The normalized spacial score (nSPS) is 25.1. The van der Waals surface area contributed by atoms with E-state index in [0.717, 1.165) is 42.2 Å². The average molecular weight is 241 g/mol. The van der Waals surface area contributed by atoms with Crippen LogP contribution in [0.5, 0.6) is 0 Å². The van der Waals surface area contributed by atoms with Crippen molar-refractivity contribution in [3.63, 3.8) is 0 Å². The Kier molecular flexibility index (Phi) is 4.26. The minimum atomic E-state index is 0.200. The van der Waals surface area contributed by atoms with Crippen LogP contribution in [0.2, 0.25) is 0 Å². The van der Waals surface area contributed by atoms with Gasteiger partial charge < -0.3 is 10.1 Å². The first-order chi connectivity index (χ1) is 7.79. The highest BCUT2D eigenvalue weighted by Crippen LogP contribution is 2.33. The fourth-order valence-corrected chi connectivity index (χ4v) is 2.85. The van der Waals surface area contributed by atoms with Crippen LogP contribution in [0.15, 0.2) is 0 Å². The summed E-state index contributed by atoms with van der Waals surface area (Å²) in [4.78, 5) is 0. The van der Waals surface area contributed by atoms with Crippen molar-refractivity contribution in [3.05, 3.63) is 10.0 Å². The van der Waals surface area contributed by atoms with Crippen molar-refractivity contribution in [2.45, 2.75) is 44.8 Å². The third-order valence-electron chi connectivity index (χ3n) is 2.81. The molecule has 0 spiro atoms. The van der Waals surface area contributed by atoms with Crippen LogP contribution >= 0.6 is 11.3 Å². The molecule has 0 amide bonds. The summed E-state index contributed by atoms with van der Waals surface area (Å²) in [6.45, 7) is 3.15. The monoisotopic (exact) mass is 241 g/mol. The van der Waals surface area contributed by atoms with Gasteiger partial charge in [0.2, 0.25) is 0 Å². The Labute approximate surface area is 100 Å². The molecule has 0 aromatic carbocycles. The molecule has 90 valence electrons. The van der Waals surface area contributed by atoms with Crippen molar-refractivity contribution in [3.8, 4) is 0 Å². The molecule has 1 fully saturated rings. The molecule has 1 saturated heterocycles. The number of aromatic nitrogens is 2. The molecule has 1 aliphatic heterocycles. The van der Waals surface area contributed by atoms with Gasteiger partial charge in [-0.3, -0.25) is 0 Å². The van der Waals surface area contributed by atoms with Gasteiger partial charge in [-0.15, -0.1) is 10.2 Å². The predicted molar refractivity (Wildman–Crippen MR) is 64.7 cm³/mol. The van der Waals surface area contributed by atoms with Gasteiger partial charge in [0.1, 0.15) is 16.1 Å². The minimum absolute atomic E-state index is 0.200. The summed E-state index contributed by atoms with van der Waals surface area (Å²) in [5.41, 5.74) is 0. The maximum atomic E-state index is 5.78.